The molecule has 1 heterocycles. The van der Waals surface area contributed by atoms with Gasteiger partial charge in [-0.15, -0.1) is 0 Å². The van der Waals surface area contributed by atoms with Crippen molar-refractivity contribution in [1.82, 2.24) is 10.1 Å². The summed E-state index contributed by atoms with van der Waals surface area (Å²) in [5.41, 5.74) is 1.74. The lowest BCUT2D eigenvalue weighted by molar-refractivity contribution is 0.0732. The molecule has 2 aromatic carbocycles. The second-order valence-corrected chi connectivity index (χ2v) is 5.92. The van der Waals surface area contributed by atoms with E-state index in [2.05, 4.69) is 5.16 Å². The molecule has 0 aliphatic heterocycles. The number of carbonyl (C=O) groups excluding carboxylic acids is 1. The van der Waals surface area contributed by atoms with Crippen molar-refractivity contribution in [1.29, 1.82) is 0 Å². The largest absolute Gasteiger partial charge is 0.496 e. The Morgan fingerprint density at radius 2 is 1.88 bits per heavy atom. The summed E-state index contributed by atoms with van der Waals surface area (Å²) in [6.07, 6.45) is 0. The number of carbonyl (C=O) groups is 1. The molecule has 0 fully saturated rings. The average Bonchev–Trinajstić information content (AvgIpc) is 3.16. The Kier molecular flexibility index (Phi) is 5.02. The monoisotopic (exact) mass is 354 g/mol. The Bertz CT molecular complexity index is 905. The van der Waals surface area contributed by atoms with Gasteiger partial charge in [-0.3, -0.25) is 4.79 Å². The number of amides is 1. The number of para-hydroxylation sites is 1. The molecule has 6 heteroatoms. The van der Waals surface area contributed by atoms with Gasteiger partial charge < -0.3 is 14.2 Å². The minimum absolute atomic E-state index is 0.197. The van der Waals surface area contributed by atoms with Crippen LogP contribution in [0, 0.1) is 5.82 Å². The molecular weight excluding hydrogens is 335 g/mol. The molecule has 26 heavy (non-hydrogen) atoms. The van der Waals surface area contributed by atoms with Crippen LogP contribution in [-0.2, 0) is 0 Å². The molecule has 0 N–H and O–H groups in total. The topological polar surface area (TPSA) is 55.6 Å². The van der Waals surface area contributed by atoms with E-state index in [1.54, 1.807) is 32.4 Å². The lowest BCUT2D eigenvalue weighted by atomic mass is 10.1. The van der Waals surface area contributed by atoms with E-state index in [0.29, 0.717) is 11.5 Å². The number of hydrogen-bond donors (Lipinski definition) is 0. The Morgan fingerprint density at radius 3 is 2.58 bits per heavy atom. The van der Waals surface area contributed by atoms with Gasteiger partial charge in [0.2, 0.25) is 0 Å². The van der Waals surface area contributed by atoms with E-state index in [1.807, 2.05) is 31.2 Å². The fourth-order valence-corrected chi connectivity index (χ4v) is 2.67. The lowest BCUT2D eigenvalue weighted by Crippen LogP contribution is -2.29. The molecule has 0 bridgehead atoms. The highest BCUT2D eigenvalue weighted by molar-refractivity contribution is 5.93. The summed E-state index contributed by atoms with van der Waals surface area (Å²) in [4.78, 5) is 14.3. The summed E-state index contributed by atoms with van der Waals surface area (Å²) in [6, 6.07) is 14.8. The van der Waals surface area contributed by atoms with Crippen LogP contribution >= 0.6 is 0 Å². The van der Waals surface area contributed by atoms with E-state index < -0.39 is 0 Å². The van der Waals surface area contributed by atoms with E-state index in [4.69, 9.17) is 9.26 Å². The number of benzene rings is 2. The third-order valence-electron chi connectivity index (χ3n) is 4.36. The average molecular weight is 354 g/mol. The standard InChI is InChI=1S/C20H19FN2O3/c1-13(14-8-10-15(21)11-9-14)23(2)20(24)17-12-19(26-22-17)16-6-4-5-7-18(16)25-3/h4-13H,1-3H3. The SMILES string of the molecule is COc1ccccc1-c1cc(C(=O)N(C)C(C)c2ccc(F)cc2)no1. The van der Waals surface area contributed by atoms with Gasteiger partial charge in [0.15, 0.2) is 11.5 Å². The van der Waals surface area contributed by atoms with E-state index >= 15 is 0 Å². The predicted octanol–water partition coefficient (Wildman–Crippen LogP) is 4.32. The first-order chi connectivity index (χ1) is 12.5. The number of rotatable bonds is 5. The van der Waals surface area contributed by atoms with Crippen molar-refractivity contribution < 1.29 is 18.4 Å². The lowest BCUT2D eigenvalue weighted by Gasteiger charge is -2.24. The van der Waals surface area contributed by atoms with Crippen molar-refractivity contribution in [2.24, 2.45) is 0 Å². The summed E-state index contributed by atoms with van der Waals surface area (Å²) in [5, 5.41) is 3.90. The fraction of sp³-hybridized carbons (Fsp3) is 0.200. The number of methoxy groups -OCH3 is 1. The zero-order valence-electron chi connectivity index (χ0n) is 14.8. The normalized spacial score (nSPS) is 11.8. The third-order valence-corrected chi connectivity index (χ3v) is 4.36. The highest BCUT2D eigenvalue weighted by Gasteiger charge is 2.23. The number of hydrogen-bond acceptors (Lipinski definition) is 4. The van der Waals surface area contributed by atoms with Crippen molar-refractivity contribution in [3.05, 3.63) is 71.7 Å². The summed E-state index contributed by atoms with van der Waals surface area (Å²) in [5.74, 6) is 0.490. The number of halogens is 1. The smallest absolute Gasteiger partial charge is 0.276 e. The molecule has 134 valence electrons. The van der Waals surface area contributed by atoms with E-state index in [0.717, 1.165) is 11.1 Å². The van der Waals surface area contributed by atoms with Crippen LogP contribution in [0.3, 0.4) is 0 Å². The van der Waals surface area contributed by atoms with Crippen molar-refractivity contribution in [3.63, 3.8) is 0 Å². The van der Waals surface area contributed by atoms with Crippen molar-refractivity contribution in [2.45, 2.75) is 13.0 Å². The number of ether oxygens (including phenoxy) is 1. The van der Waals surface area contributed by atoms with Gasteiger partial charge in [0, 0.05) is 13.1 Å². The summed E-state index contributed by atoms with van der Waals surface area (Å²) < 4.78 is 23.7. The molecule has 0 aliphatic carbocycles. The van der Waals surface area contributed by atoms with E-state index in [-0.39, 0.29) is 23.5 Å². The Balaban J connectivity index is 1.82. The quantitative estimate of drug-likeness (QED) is 0.685. The summed E-state index contributed by atoms with van der Waals surface area (Å²) in [6.45, 7) is 1.87. The molecule has 1 aromatic heterocycles. The van der Waals surface area contributed by atoms with Crippen LogP contribution in [0.1, 0.15) is 29.0 Å². The minimum atomic E-state index is -0.312. The van der Waals surface area contributed by atoms with Gasteiger partial charge >= 0.3 is 0 Å². The molecule has 0 radical (unpaired) electrons. The Labute approximate surface area is 151 Å². The van der Waals surface area contributed by atoms with Gasteiger partial charge in [0.1, 0.15) is 11.6 Å². The molecule has 0 aliphatic rings. The second kappa shape index (κ2) is 7.39. The molecule has 1 amide bonds. The molecule has 0 saturated heterocycles. The van der Waals surface area contributed by atoms with Gasteiger partial charge in [-0.05, 0) is 36.8 Å². The fourth-order valence-electron chi connectivity index (χ4n) is 2.67. The molecule has 5 nitrogen and oxygen atoms in total. The Morgan fingerprint density at radius 1 is 1.19 bits per heavy atom. The zero-order valence-corrected chi connectivity index (χ0v) is 14.8. The van der Waals surface area contributed by atoms with Crippen molar-refractivity contribution in [3.8, 4) is 17.1 Å². The molecule has 3 aromatic rings. The maximum atomic E-state index is 13.1. The van der Waals surface area contributed by atoms with Gasteiger partial charge in [0.25, 0.3) is 5.91 Å². The molecule has 3 rings (SSSR count). The van der Waals surface area contributed by atoms with E-state index in [9.17, 15) is 9.18 Å². The van der Waals surface area contributed by atoms with Gasteiger partial charge in [0.05, 0.1) is 18.7 Å². The first-order valence-corrected chi connectivity index (χ1v) is 8.14. The highest BCUT2D eigenvalue weighted by Crippen LogP contribution is 2.30. The van der Waals surface area contributed by atoms with Gasteiger partial charge in [-0.2, -0.15) is 0 Å². The van der Waals surface area contributed by atoms with Crippen molar-refractivity contribution >= 4 is 5.91 Å². The van der Waals surface area contributed by atoms with Crippen LogP contribution in [0.2, 0.25) is 0 Å². The van der Waals surface area contributed by atoms with Crippen LogP contribution < -0.4 is 4.74 Å². The maximum Gasteiger partial charge on any atom is 0.276 e. The van der Waals surface area contributed by atoms with Gasteiger partial charge in [-0.25, -0.2) is 4.39 Å². The first-order valence-electron chi connectivity index (χ1n) is 8.14. The molecule has 0 saturated carbocycles. The molecule has 1 unspecified atom stereocenters. The van der Waals surface area contributed by atoms with Crippen LogP contribution in [0.4, 0.5) is 4.39 Å². The maximum absolute atomic E-state index is 13.1. The minimum Gasteiger partial charge on any atom is -0.496 e. The summed E-state index contributed by atoms with van der Waals surface area (Å²) >= 11 is 0. The van der Waals surface area contributed by atoms with Crippen LogP contribution in [0.5, 0.6) is 5.75 Å². The van der Waals surface area contributed by atoms with Crippen molar-refractivity contribution in [2.75, 3.05) is 14.2 Å². The zero-order chi connectivity index (χ0) is 18.7. The summed E-state index contributed by atoms with van der Waals surface area (Å²) in [7, 11) is 3.24. The van der Waals surface area contributed by atoms with Crippen LogP contribution in [0.15, 0.2) is 59.1 Å². The van der Waals surface area contributed by atoms with E-state index in [1.165, 1.54) is 17.0 Å². The first kappa shape index (κ1) is 17.7. The van der Waals surface area contributed by atoms with Crippen LogP contribution in [0.25, 0.3) is 11.3 Å². The molecule has 0 spiro atoms. The predicted molar refractivity (Wildman–Crippen MR) is 95.4 cm³/mol. The highest BCUT2D eigenvalue weighted by atomic mass is 19.1. The third kappa shape index (κ3) is 3.44. The van der Waals surface area contributed by atoms with Crippen LogP contribution in [-0.4, -0.2) is 30.1 Å². The number of nitrogens with zero attached hydrogens (tertiary/aromatic N) is 2. The second-order valence-electron chi connectivity index (χ2n) is 5.92. The van der Waals surface area contributed by atoms with Gasteiger partial charge in [-0.1, -0.05) is 29.4 Å². The number of aromatic nitrogens is 1. The molecule has 1 atom stereocenters. The Hall–Kier alpha value is -3.15. The molecular formula is C20H19FN2O3.